The number of nitrogens with zero attached hydrogens (tertiary/aromatic N) is 1. The van der Waals surface area contributed by atoms with Crippen LogP contribution in [0, 0.1) is 5.41 Å². The van der Waals surface area contributed by atoms with E-state index in [-0.39, 0.29) is 6.04 Å². The first kappa shape index (κ1) is 10.1. The van der Waals surface area contributed by atoms with E-state index in [9.17, 15) is 10.0 Å². The number of hydrogen-bond acceptors (Lipinski definition) is 3. The molecule has 1 heterocycles. The fourth-order valence-corrected chi connectivity index (χ4v) is 1.82. The van der Waals surface area contributed by atoms with Gasteiger partial charge in [0.2, 0.25) is 0 Å². The molecule has 0 saturated carbocycles. The van der Waals surface area contributed by atoms with Gasteiger partial charge in [0.1, 0.15) is 0 Å². The van der Waals surface area contributed by atoms with Gasteiger partial charge in [0, 0.05) is 11.1 Å². The molecule has 0 spiro atoms. The van der Waals surface area contributed by atoms with Gasteiger partial charge in [0.05, 0.1) is 11.6 Å². The summed E-state index contributed by atoms with van der Waals surface area (Å²) in [7, 11) is 0. The molecule has 13 heavy (non-hydrogen) atoms. The highest BCUT2D eigenvalue weighted by molar-refractivity contribution is 5.89. The zero-order valence-electron chi connectivity index (χ0n) is 8.33. The Morgan fingerprint density at radius 3 is 2.15 bits per heavy atom. The minimum Gasteiger partial charge on any atom is -0.478 e. The van der Waals surface area contributed by atoms with Gasteiger partial charge < -0.3 is 5.11 Å². The number of rotatable bonds is 1. The molecule has 4 nitrogen and oxygen atoms in total. The molecule has 0 aromatic rings. The van der Waals surface area contributed by atoms with E-state index in [2.05, 4.69) is 0 Å². The lowest BCUT2D eigenvalue weighted by atomic mass is 9.80. The first-order valence-corrected chi connectivity index (χ1v) is 4.23. The summed E-state index contributed by atoms with van der Waals surface area (Å²) in [5.41, 5.74) is 0.220. The fraction of sp³-hybridized carbons (Fsp3) is 0.667. The van der Waals surface area contributed by atoms with Crippen molar-refractivity contribution < 1.29 is 15.1 Å². The van der Waals surface area contributed by atoms with Gasteiger partial charge in [-0.05, 0) is 13.8 Å². The number of allylic oxidation sites excluding steroid dienone is 1. The summed E-state index contributed by atoms with van der Waals surface area (Å²) in [5.74, 6) is -0.953. The lowest BCUT2D eigenvalue weighted by Crippen LogP contribution is -2.34. The van der Waals surface area contributed by atoms with E-state index in [1.165, 1.54) is 0 Å². The predicted octanol–water partition coefficient (Wildman–Crippen LogP) is 1.46. The van der Waals surface area contributed by atoms with E-state index in [0.29, 0.717) is 11.3 Å². The van der Waals surface area contributed by atoms with Crippen molar-refractivity contribution in [1.29, 1.82) is 0 Å². The molecular weight excluding hydrogens is 170 g/mol. The predicted molar refractivity (Wildman–Crippen MR) is 47.2 cm³/mol. The van der Waals surface area contributed by atoms with Crippen LogP contribution >= 0.6 is 0 Å². The first-order valence-electron chi connectivity index (χ1n) is 4.23. The third-order valence-electron chi connectivity index (χ3n) is 2.97. The molecule has 0 amide bonds. The molecule has 0 aromatic heterocycles. The van der Waals surface area contributed by atoms with Crippen LogP contribution in [0.25, 0.3) is 0 Å². The lowest BCUT2D eigenvalue weighted by molar-refractivity contribution is -0.133. The van der Waals surface area contributed by atoms with Crippen molar-refractivity contribution in [2.24, 2.45) is 5.41 Å². The lowest BCUT2D eigenvalue weighted by Gasteiger charge is -2.28. The van der Waals surface area contributed by atoms with Gasteiger partial charge in [-0.2, -0.15) is 0 Å². The van der Waals surface area contributed by atoms with Crippen LogP contribution in [0.2, 0.25) is 0 Å². The third kappa shape index (κ3) is 1.21. The van der Waals surface area contributed by atoms with Crippen LogP contribution in [-0.2, 0) is 4.79 Å². The van der Waals surface area contributed by atoms with Crippen LogP contribution in [0.15, 0.2) is 11.3 Å². The van der Waals surface area contributed by atoms with E-state index < -0.39 is 11.4 Å². The maximum Gasteiger partial charge on any atom is 0.334 e. The second-order valence-electron chi connectivity index (χ2n) is 4.01. The molecule has 74 valence electrons. The Balaban J connectivity index is 3.22. The molecule has 1 rings (SSSR count). The number of hydroxylamine groups is 2. The smallest absolute Gasteiger partial charge is 0.334 e. The molecule has 0 fully saturated rings. The molecule has 1 unspecified atom stereocenters. The molecule has 1 aliphatic rings. The minimum absolute atomic E-state index is 0.196. The van der Waals surface area contributed by atoms with E-state index >= 15 is 0 Å². The Morgan fingerprint density at radius 2 is 2.00 bits per heavy atom. The van der Waals surface area contributed by atoms with Gasteiger partial charge in [-0.1, -0.05) is 13.8 Å². The van der Waals surface area contributed by atoms with Gasteiger partial charge in [0.15, 0.2) is 0 Å². The van der Waals surface area contributed by atoms with Crippen molar-refractivity contribution in [3.8, 4) is 0 Å². The summed E-state index contributed by atoms with van der Waals surface area (Å²) in [4.78, 5) is 10.9. The molecule has 0 aliphatic carbocycles. The number of aliphatic carboxylic acids is 1. The maximum atomic E-state index is 10.9. The molecule has 0 radical (unpaired) electrons. The Labute approximate surface area is 77.4 Å². The van der Waals surface area contributed by atoms with E-state index in [1.54, 1.807) is 13.8 Å². The van der Waals surface area contributed by atoms with Gasteiger partial charge in [0.25, 0.3) is 0 Å². The maximum absolute atomic E-state index is 10.9. The number of hydrogen-bond donors (Lipinski definition) is 2. The van der Waals surface area contributed by atoms with Crippen molar-refractivity contribution in [1.82, 2.24) is 5.06 Å². The first-order chi connectivity index (χ1) is 5.80. The Hall–Kier alpha value is -1.03. The molecule has 0 saturated heterocycles. The van der Waals surface area contributed by atoms with Gasteiger partial charge in [-0.15, -0.1) is 0 Å². The monoisotopic (exact) mass is 185 g/mol. The van der Waals surface area contributed by atoms with Crippen LogP contribution in [0.4, 0.5) is 0 Å². The van der Waals surface area contributed by atoms with Crippen molar-refractivity contribution in [3.05, 3.63) is 11.3 Å². The molecular formula is C9H15NO3. The van der Waals surface area contributed by atoms with Crippen LogP contribution in [-0.4, -0.2) is 27.4 Å². The van der Waals surface area contributed by atoms with Gasteiger partial charge in [-0.3, -0.25) is 10.3 Å². The normalized spacial score (nSPS) is 26.8. The van der Waals surface area contributed by atoms with Crippen LogP contribution in [0.3, 0.4) is 0 Å². The van der Waals surface area contributed by atoms with Crippen LogP contribution in [0.5, 0.6) is 0 Å². The SMILES string of the molecule is CC1=C(C(=O)O)C(C)(C)C(C)N1O. The van der Waals surface area contributed by atoms with Crippen molar-refractivity contribution in [2.75, 3.05) is 0 Å². The highest BCUT2D eigenvalue weighted by Crippen LogP contribution is 2.42. The van der Waals surface area contributed by atoms with Gasteiger partial charge in [-0.25, -0.2) is 4.79 Å². The second-order valence-corrected chi connectivity index (χ2v) is 4.01. The molecule has 2 N–H and O–H groups in total. The number of carbonyl (C=O) groups is 1. The minimum atomic E-state index is -0.953. The highest BCUT2D eigenvalue weighted by Gasteiger charge is 2.45. The summed E-state index contributed by atoms with van der Waals surface area (Å²) >= 11 is 0. The van der Waals surface area contributed by atoms with Crippen molar-refractivity contribution in [2.45, 2.75) is 33.7 Å². The molecule has 1 atom stereocenters. The summed E-state index contributed by atoms with van der Waals surface area (Å²) < 4.78 is 0. The summed E-state index contributed by atoms with van der Waals surface area (Å²) in [6.45, 7) is 7.07. The Bertz CT molecular complexity index is 281. The average molecular weight is 185 g/mol. The Kier molecular flexibility index (Phi) is 2.11. The number of carboxylic acid groups (broad SMARTS) is 1. The molecule has 0 aromatic carbocycles. The summed E-state index contributed by atoms with van der Waals surface area (Å²) in [6.07, 6.45) is 0. The topological polar surface area (TPSA) is 60.8 Å². The highest BCUT2D eigenvalue weighted by atomic mass is 16.5. The van der Waals surface area contributed by atoms with Crippen LogP contribution in [0.1, 0.15) is 27.7 Å². The quantitative estimate of drug-likeness (QED) is 0.649. The average Bonchev–Trinajstić information content (AvgIpc) is 2.12. The second kappa shape index (κ2) is 2.73. The molecule has 4 heteroatoms. The Morgan fingerprint density at radius 1 is 1.54 bits per heavy atom. The largest absolute Gasteiger partial charge is 0.478 e. The van der Waals surface area contributed by atoms with Crippen LogP contribution < -0.4 is 0 Å². The van der Waals surface area contributed by atoms with E-state index in [0.717, 1.165) is 5.06 Å². The van der Waals surface area contributed by atoms with E-state index in [4.69, 9.17) is 5.11 Å². The standard InChI is InChI=1S/C9H15NO3/c1-5-7(8(11)12)9(3,4)6(2)10(5)13/h6,13H,1-4H3,(H,11,12). The molecule has 0 bridgehead atoms. The van der Waals surface area contributed by atoms with Crippen molar-refractivity contribution >= 4 is 5.97 Å². The zero-order chi connectivity index (χ0) is 10.4. The summed E-state index contributed by atoms with van der Waals surface area (Å²) in [5, 5.41) is 19.5. The summed E-state index contributed by atoms with van der Waals surface area (Å²) in [6, 6.07) is -0.196. The third-order valence-corrected chi connectivity index (χ3v) is 2.97. The zero-order valence-corrected chi connectivity index (χ0v) is 8.33. The number of carboxylic acids is 1. The van der Waals surface area contributed by atoms with E-state index in [1.807, 2.05) is 13.8 Å². The van der Waals surface area contributed by atoms with Gasteiger partial charge >= 0.3 is 5.97 Å². The van der Waals surface area contributed by atoms with Crippen molar-refractivity contribution in [3.63, 3.8) is 0 Å². The molecule has 1 aliphatic heterocycles. The fourth-order valence-electron chi connectivity index (χ4n) is 1.82.